The Kier molecular flexibility index (Phi) is 7.03. The van der Waals surface area contributed by atoms with Crippen molar-refractivity contribution in [2.24, 2.45) is 0 Å². The van der Waals surface area contributed by atoms with Crippen LogP contribution in [0, 0.1) is 6.92 Å². The van der Waals surface area contributed by atoms with E-state index in [-0.39, 0.29) is 24.5 Å². The lowest BCUT2D eigenvalue weighted by atomic mass is 10.0. The largest absolute Gasteiger partial charge is 0.484 e. The van der Waals surface area contributed by atoms with Gasteiger partial charge in [0.15, 0.2) is 6.61 Å². The van der Waals surface area contributed by atoms with E-state index in [1.807, 2.05) is 48.7 Å². The highest BCUT2D eigenvalue weighted by Crippen LogP contribution is 2.26. The van der Waals surface area contributed by atoms with Crippen molar-refractivity contribution in [2.45, 2.75) is 19.9 Å². The van der Waals surface area contributed by atoms with Gasteiger partial charge in [-0.1, -0.05) is 35.9 Å². The molecule has 0 fully saturated rings. The number of benzene rings is 2. The molecule has 0 saturated carbocycles. The van der Waals surface area contributed by atoms with E-state index in [1.165, 1.54) is 5.56 Å². The third-order valence-electron chi connectivity index (χ3n) is 4.28. The first-order chi connectivity index (χ1) is 14.1. The molecule has 1 unspecified atom stereocenters. The number of esters is 1. The second kappa shape index (κ2) is 9.89. The minimum absolute atomic E-state index is 0.119. The Bertz CT molecular complexity index is 934. The minimum atomic E-state index is -0.381. The average molecular weight is 410 g/mol. The SMILES string of the molecule is CCOC(=O)c1ccc(OCC(=O)NC(c2ccc(C)cc2)c2cccs2)cc1. The Balaban J connectivity index is 1.62. The van der Waals surface area contributed by atoms with Gasteiger partial charge >= 0.3 is 5.97 Å². The first kappa shape index (κ1) is 20.6. The summed E-state index contributed by atoms with van der Waals surface area (Å²) >= 11 is 1.60. The molecule has 0 saturated heterocycles. The number of nitrogens with one attached hydrogen (secondary N) is 1. The maximum absolute atomic E-state index is 12.5. The van der Waals surface area contributed by atoms with Crippen LogP contribution in [0.5, 0.6) is 5.75 Å². The van der Waals surface area contributed by atoms with Crippen LogP contribution in [0.1, 0.15) is 39.3 Å². The Hall–Kier alpha value is -3.12. The Morgan fingerprint density at radius 1 is 1.03 bits per heavy atom. The van der Waals surface area contributed by atoms with Gasteiger partial charge in [0, 0.05) is 4.88 Å². The van der Waals surface area contributed by atoms with Crippen molar-refractivity contribution in [3.05, 3.63) is 87.6 Å². The maximum atomic E-state index is 12.5. The van der Waals surface area contributed by atoms with Gasteiger partial charge in [-0.25, -0.2) is 4.79 Å². The van der Waals surface area contributed by atoms with E-state index in [1.54, 1.807) is 42.5 Å². The molecule has 1 amide bonds. The van der Waals surface area contributed by atoms with Crippen molar-refractivity contribution >= 4 is 23.2 Å². The predicted molar refractivity (Wildman–Crippen MR) is 113 cm³/mol. The van der Waals surface area contributed by atoms with Crippen LogP contribution < -0.4 is 10.1 Å². The van der Waals surface area contributed by atoms with Gasteiger partial charge in [-0.15, -0.1) is 11.3 Å². The zero-order valence-electron chi connectivity index (χ0n) is 16.4. The third-order valence-corrected chi connectivity index (χ3v) is 5.22. The van der Waals surface area contributed by atoms with Crippen molar-refractivity contribution < 1.29 is 19.1 Å². The Morgan fingerprint density at radius 3 is 2.38 bits per heavy atom. The molecule has 3 aromatic rings. The summed E-state index contributed by atoms with van der Waals surface area (Å²) in [6.45, 7) is 3.99. The first-order valence-electron chi connectivity index (χ1n) is 9.36. The summed E-state index contributed by atoms with van der Waals surface area (Å²) in [6, 6.07) is 18.4. The fourth-order valence-electron chi connectivity index (χ4n) is 2.79. The van der Waals surface area contributed by atoms with Crippen LogP contribution >= 0.6 is 11.3 Å². The summed E-state index contributed by atoms with van der Waals surface area (Å²) in [5.41, 5.74) is 2.63. The number of hydrogen-bond donors (Lipinski definition) is 1. The zero-order chi connectivity index (χ0) is 20.6. The maximum Gasteiger partial charge on any atom is 0.338 e. The van der Waals surface area contributed by atoms with E-state index in [9.17, 15) is 9.59 Å². The van der Waals surface area contributed by atoms with Gasteiger partial charge in [-0.05, 0) is 55.1 Å². The quantitative estimate of drug-likeness (QED) is 0.556. The number of amides is 1. The molecule has 2 aromatic carbocycles. The number of ether oxygens (including phenoxy) is 2. The van der Waals surface area contributed by atoms with Gasteiger partial charge in [0.2, 0.25) is 0 Å². The fraction of sp³-hybridized carbons (Fsp3) is 0.217. The van der Waals surface area contributed by atoms with Crippen molar-refractivity contribution in [1.29, 1.82) is 0 Å². The zero-order valence-corrected chi connectivity index (χ0v) is 17.2. The molecule has 6 heteroatoms. The van der Waals surface area contributed by atoms with Gasteiger partial charge in [-0.3, -0.25) is 4.79 Å². The highest BCUT2D eigenvalue weighted by Gasteiger charge is 2.18. The second-order valence-electron chi connectivity index (χ2n) is 6.46. The van der Waals surface area contributed by atoms with Gasteiger partial charge in [0.25, 0.3) is 5.91 Å². The number of aryl methyl sites for hydroxylation is 1. The Labute approximate surface area is 174 Å². The average Bonchev–Trinajstić information content (AvgIpc) is 3.26. The number of rotatable bonds is 8. The molecule has 1 N–H and O–H groups in total. The van der Waals surface area contributed by atoms with E-state index in [0.717, 1.165) is 10.4 Å². The molecule has 0 radical (unpaired) electrons. The number of carbonyl (C=O) groups is 2. The molecule has 29 heavy (non-hydrogen) atoms. The van der Waals surface area contributed by atoms with Gasteiger partial charge < -0.3 is 14.8 Å². The summed E-state index contributed by atoms with van der Waals surface area (Å²) in [5, 5.41) is 5.03. The van der Waals surface area contributed by atoms with E-state index in [0.29, 0.717) is 17.9 Å². The minimum Gasteiger partial charge on any atom is -0.484 e. The fourth-order valence-corrected chi connectivity index (χ4v) is 3.59. The van der Waals surface area contributed by atoms with E-state index in [2.05, 4.69) is 5.32 Å². The molecule has 0 aliphatic rings. The highest BCUT2D eigenvalue weighted by molar-refractivity contribution is 7.10. The lowest BCUT2D eigenvalue weighted by molar-refractivity contribution is -0.123. The van der Waals surface area contributed by atoms with Crippen LogP contribution in [0.15, 0.2) is 66.0 Å². The van der Waals surface area contributed by atoms with Crippen molar-refractivity contribution in [3.63, 3.8) is 0 Å². The number of hydrogen-bond acceptors (Lipinski definition) is 5. The van der Waals surface area contributed by atoms with E-state index < -0.39 is 0 Å². The van der Waals surface area contributed by atoms with Crippen LogP contribution in [0.2, 0.25) is 0 Å². The standard InChI is InChI=1S/C23H23NO4S/c1-3-27-23(26)18-10-12-19(13-11-18)28-15-21(25)24-22(20-5-4-14-29-20)17-8-6-16(2)7-9-17/h4-14,22H,3,15H2,1-2H3,(H,24,25). The van der Waals surface area contributed by atoms with Crippen LogP contribution in [-0.4, -0.2) is 25.1 Å². The smallest absolute Gasteiger partial charge is 0.338 e. The van der Waals surface area contributed by atoms with Gasteiger partial charge in [0.1, 0.15) is 5.75 Å². The van der Waals surface area contributed by atoms with Crippen molar-refractivity contribution in [1.82, 2.24) is 5.32 Å². The van der Waals surface area contributed by atoms with Crippen LogP contribution in [0.4, 0.5) is 0 Å². The third kappa shape index (κ3) is 5.68. The molecule has 1 heterocycles. The molecule has 0 spiro atoms. The summed E-state index contributed by atoms with van der Waals surface area (Å²) in [5.74, 6) is -0.0941. The van der Waals surface area contributed by atoms with Crippen LogP contribution in [0.25, 0.3) is 0 Å². The summed E-state index contributed by atoms with van der Waals surface area (Å²) < 4.78 is 10.5. The molecule has 3 rings (SSSR count). The summed E-state index contributed by atoms with van der Waals surface area (Å²) in [6.07, 6.45) is 0. The molecule has 1 atom stereocenters. The number of carbonyl (C=O) groups excluding carboxylic acids is 2. The monoisotopic (exact) mass is 409 g/mol. The van der Waals surface area contributed by atoms with Crippen molar-refractivity contribution in [2.75, 3.05) is 13.2 Å². The van der Waals surface area contributed by atoms with Crippen molar-refractivity contribution in [3.8, 4) is 5.75 Å². The van der Waals surface area contributed by atoms with Crippen LogP contribution in [0.3, 0.4) is 0 Å². The normalized spacial score (nSPS) is 11.5. The second-order valence-corrected chi connectivity index (χ2v) is 7.44. The molecule has 5 nitrogen and oxygen atoms in total. The summed E-state index contributed by atoms with van der Waals surface area (Å²) in [4.78, 5) is 25.3. The Morgan fingerprint density at radius 2 is 1.76 bits per heavy atom. The summed E-state index contributed by atoms with van der Waals surface area (Å²) in [7, 11) is 0. The molecule has 0 aliphatic carbocycles. The number of thiophene rings is 1. The molecule has 150 valence electrons. The van der Waals surface area contributed by atoms with Gasteiger partial charge in [-0.2, -0.15) is 0 Å². The van der Waals surface area contributed by atoms with E-state index >= 15 is 0 Å². The molecule has 0 aliphatic heterocycles. The van der Waals surface area contributed by atoms with Gasteiger partial charge in [0.05, 0.1) is 18.2 Å². The highest BCUT2D eigenvalue weighted by atomic mass is 32.1. The first-order valence-corrected chi connectivity index (χ1v) is 10.2. The predicted octanol–water partition coefficient (Wildman–Crippen LogP) is 4.52. The lowest BCUT2D eigenvalue weighted by Gasteiger charge is -2.18. The lowest BCUT2D eigenvalue weighted by Crippen LogP contribution is -2.32. The van der Waals surface area contributed by atoms with Crippen LogP contribution in [-0.2, 0) is 9.53 Å². The topological polar surface area (TPSA) is 64.6 Å². The van der Waals surface area contributed by atoms with E-state index in [4.69, 9.17) is 9.47 Å². The molecular formula is C23H23NO4S. The molecule has 0 bridgehead atoms. The molecular weight excluding hydrogens is 386 g/mol. The molecule has 1 aromatic heterocycles.